The number of nitrogens with zero attached hydrogens (tertiary/aromatic N) is 1. The number of nitriles is 1. The second kappa shape index (κ2) is 7.33. The zero-order valence-electron chi connectivity index (χ0n) is 14.7. The Morgan fingerprint density at radius 3 is 2.04 bits per heavy atom. The quantitative estimate of drug-likeness (QED) is 0.750. The van der Waals surface area contributed by atoms with Crippen molar-refractivity contribution in [1.82, 2.24) is 0 Å². The molecule has 0 aliphatic rings. The van der Waals surface area contributed by atoms with Gasteiger partial charge in [-0.05, 0) is 62.4 Å². The minimum absolute atomic E-state index is 0.125. The molecule has 23 heavy (non-hydrogen) atoms. The summed E-state index contributed by atoms with van der Waals surface area (Å²) in [6, 6.07) is 12.9. The number of rotatable bonds is 5. The van der Waals surface area contributed by atoms with Gasteiger partial charge in [0.15, 0.2) is 0 Å². The molecule has 0 heterocycles. The average molecular weight is 307 g/mol. The van der Waals surface area contributed by atoms with E-state index < -0.39 is 0 Å². The minimum Gasteiger partial charge on any atom is -0.493 e. The van der Waals surface area contributed by atoms with Gasteiger partial charge in [0.1, 0.15) is 5.75 Å². The van der Waals surface area contributed by atoms with Crippen LogP contribution in [0.15, 0.2) is 30.3 Å². The highest BCUT2D eigenvalue weighted by Gasteiger charge is 2.16. The topological polar surface area (TPSA) is 33.0 Å². The molecule has 2 aromatic carbocycles. The molecule has 0 amide bonds. The molecule has 0 aliphatic heterocycles. The lowest BCUT2D eigenvalue weighted by molar-refractivity contribution is 0.302. The van der Waals surface area contributed by atoms with Crippen molar-refractivity contribution in [1.29, 1.82) is 5.26 Å². The van der Waals surface area contributed by atoms with E-state index in [1.807, 2.05) is 6.07 Å². The predicted molar refractivity (Wildman–Crippen MR) is 95.0 cm³/mol. The number of para-hydroxylation sites is 1. The summed E-state index contributed by atoms with van der Waals surface area (Å²) in [6.07, 6.45) is 0.703. The third kappa shape index (κ3) is 3.93. The number of ether oxygens (including phenoxy) is 1. The van der Waals surface area contributed by atoms with Crippen LogP contribution in [0.1, 0.15) is 45.7 Å². The molecule has 0 aliphatic carbocycles. The lowest BCUT2D eigenvalue weighted by atomic mass is 9.88. The van der Waals surface area contributed by atoms with Crippen LogP contribution in [0.5, 0.6) is 5.75 Å². The van der Waals surface area contributed by atoms with E-state index in [0.717, 1.165) is 22.4 Å². The maximum atomic E-state index is 9.60. The summed E-state index contributed by atoms with van der Waals surface area (Å²) >= 11 is 0. The van der Waals surface area contributed by atoms with Crippen molar-refractivity contribution in [2.75, 3.05) is 6.61 Å². The Bertz CT molecular complexity index is 697. The predicted octanol–water partition coefficient (Wildman–Crippen LogP) is 5.30. The lowest BCUT2D eigenvalue weighted by Crippen LogP contribution is -2.08. The summed E-state index contributed by atoms with van der Waals surface area (Å²) < 4.78 is 5.97. The van der Waals surface area contributed by atoms with Gasteiger partial charge in [-0.1, -0.05) is 35.9 Å². The molecule has 1 atom stereocenters. The van der Waals surface area contributed by atoms with E-state index in [9.17, 15) is 5.26 Å². The van der Waals surface area contributed by atoms with Gasteiger partial charge >= 0.3 is 0 Å². The van der Waals surface area contributed by atoms with Gasteiger partial charge in [-0.2, -0.15) is 5.26 Å². The van der Waals surface area contributed by atoms with Gasteiger partial charge in [-0.15, -0.1) is 0 Å². The molecule has 120 valence electrons. The van der Waals surface area contributed by atoms with Crippen molar-refractivity contribution in [2.45, 2.75) is 47.0 Å². The van der Waals surface area contributed by atoms with Gasteiger partial charge < -0.3 is 4.74 Å². The molecule has 2 aromatic rings. The van der Waals surface area contributed by atoms with Gasteiger partial charge in [-0.25, -0.2) is 0 Å². The molecule has 2 rings (SSSR count). The normalized spacial score (nSPS) is 11.8. The van der Waals surface area contributed by atoms with Crippen LogP contribution in [-0.4, -0.2) is 6.61 Å². The fraction of sp³-hybridized carbons (Fsp3) is 0.381. The Kier molecular flexibility index (Phi) is 5.45. The van der Waals surface area contributed by atoms with E-state index in [-0.39, 0.29) is 5.92 Å². The molecule has 1 unspecified atom stereocenters. The first kappa shape index (κ1) is 17.1. The largest absolute Gasteiger partial charge is 0.493 e. The van der Waals surface area contributed by atoms with Crippen molar-refractivity contribution >= 4 is 0 Å². The van der Waals surface area contributed by atoms with Gasteiger partial charge in [0, 0.05) is 6.42 Å². The fourth-order valence-corrected chi connectivity index (χ4v) is 3.32. The van der Waals surface area contributed by atoms with E-state index in [0.29, 0.717) is 13.0 Å². The molecule has 0 aromatic heterocycles. The van der Waals surface area contributed by atoms with Crippen LogP contribution >= 0.6 is 0 Å². The summed E-state index contributed by atoms with van der Waals surface area (Å²) in [6.45, 7) is 10.9. The first-order valence-electron chi connectivity index (χ1n) is 8.10. The smallest absolute Gasteiger partial charge is 0.125 e. The first-order chi connectivity index (χ1) is 10.9. The van der Waals surface area contributed by atoms with Crippen molar-refractivity contribution in [2.24, 2.45) is 0 Å². The highest BCUT2D eigenvalue weighted by atomic mass is 16.5. The van der Waals surface area contributed by atoms with Gasteiger partial charge in [0.05, 0.1) is 18.6 Å². The maximum absolute atomic E-state index is 9.60. The molecule has 0 spiro atoms. The Morgan fingerprint density at radius 1 is 0.957 bits per heavy atom. The molecule has 0 fully saturated rings. The number of hydrogen-bond acceptors (Lipinski definition) is 2. The fourth-order valence-electron chi connectivity index (χ4n) is 3.32. The monoisotopic (exact) mass is 307 g/mol. The number of hydrogen-bond donors (Lipinski definition) is 0. The van der Waals surface area contributed by atoms with Gasteiger partial charge in [0.25, 0.3) is 0 Å². The molecule has 0 N–H and O–H groups in total. The molecular weight excluding hydrogens is 282 g/mol. The second-order valence-corrected chi connectivity index (χ2v) is 6.35. The average Bonchev–Trinajstić information content (AvgIpc) is 2.47. The van der Waals surface area contributed by atoms with Crippen LogP contribution < -0.4 is 4.74 Å². The van der Waals surface area contributed by atoms with E-state index in [4.69, 9.17) is 4.74 Å². The van der Waals surface area contributed by atoms with Gasteiger partial charge in [0.2, 0.25) is 0 Å². The third-order valence-electron chi connectivity index (χ3n) is 4.30. The van der Waals surface area contributed by atoms with Crippen molar-refractivity contribution in [3.8, 4) is 11.8 Å². The summed E-state index contributed by atoms with van der Waals surface area (Å²) in [5.74, 6) is 0.821. The van der Waals surface area contributed by atoms with E-state index in [2.05, 4.69) is 65.0 Å². The lowest BCUT2D eigenvalue weighted by Gasteiger charge is -2.18. The van der Waals surface area contributed by atoms with Crippen LogP contribution in [0.3, 0.4) is 0 Å². The van der Waals surface area contributed by atoms with E-state index in [1.165, 1.54) is 16.7 Å². The SMILES string of the molecule is Cc1cc(C)c(C(C#N)CCOc2c(C)cccc2C)c(C)c1. The van der Waals surface area contributed by atoms with Crippen LogP contribution in [0.4, 0.5) is 0 Å². The van der Waals surface area contributed by atoms with Gasteiger partial charge in [-0.3, -0.25) is 0 Å². The molecule has 2 heteroatoms. The Morgan fingerprint density at radius 2 is 1.52 bits per heavy atom. The second-order valence-electron chi connectivity index (χ2n) is 6.35. The number of benzene rings is 2. The molecule has 0 saturated carbocycles. The minimum atomic E-state index is -0.125. The molecule has 0 saturated heterocycles. The van der Waals surface area contributed by atoms with Crippen LogP contribution in [0.25, 0.3) is 0 Å². The molecule has 2 nitrogen and oxygen atoms in total. The van der Waals surface area contributed by atoms with Crippen LogP contribution in [0, 0.1) is 45.9 Å². The van der Waals surface area contributed by atoms with Crippen LogP contribution in [-0.2, 0) is 0 Å². The van der Waals surface area contributed by atoms with Crippen molar-refractivity contribution < 1.29 is 4.74 Å². The Hall–Kier alpha value is -2.27. The third-order valence-corrected chi connectivity index (χ3v) is 4.30. The Labute approximate surface area is 139 Å². The summed E-state index contributed by atoms with van der Waals surface area (Å²) in [5, 5.41) is 9.60. The van der Waals surface area contributed by atoms with Crippen molar-refractivity contribution in [3.05, 3.63) is 63.7 Å². The summed E-state index contributed by atoms with van der Waals surface area (Å²) in [4.78, 5) is 0. The zero-order chi connectivity index (χ0) is 17.0. The van der Waals surface area contributed by atoms with Crippen LogP contribution in [0.2, 0.25) is 0 Å². The molecular formula is C21H25NO. The summed E-state index contributed by atoms with van der Waals surface area (Å²) in [5.41, 5.74) is 7.07. The molecule has 0 radical (unpaired) electrons. The zero-order valence-corrected chi connectivity index (χ0v) is 14.7. The highest BCUT2D eigenvalue weighted by Crippen LogP contribution is 2.28. The standard InChI is InChI=1S/C21H25NO/c1-14-11-17(4)20(18(5)12-14)19(13-22)9-10-23-21-15(2)7-6-8-16(21)3/h6-8,11-12,19H,9-10H2,1-5H3. The maximum Gasteiger partial charge on any atom is 0.125 e. The molecule has 0 bridgehead atoms. The number of aryl methyl sites for hydroxylation is 5. The summed E-state index contributed by atoms with van der Waals surface area (Å²) in [7, 11) is 0. The first-order valence-corrected chi connectivity index (χ1v) is 8.10. The highest BCUT2D eigenvalue weighted by molar-refractivity contribution is 5.42. The van der Waals surface area contributed by atoms with Crippen molar-refractivity contribution in [3.63, 3.8) is 0 Å². The van der Waals surface area contributed by atoms with E-state index >= 15 is 0 Å². The Balaban J connectivity index is 2.12. The van der Waals surface area contributed by atoms with E-state index in [1.54, 1.807) is 0 Å².